The molecule has 0 atom stereocenters. The lowest BCUT2D eigenvalue weighted by molar-refractivity contribution is 0.0726. The van der Waals surface area contributed by atoms with E-state index in [0.717, 1.165) is 43.0 Å². The first-order valence-corrected chi connectivity index (χ1v) is 10.8. The van der Waals surface area contributed by atoms with Gasteiger partial charge in [-0.2, -0.15) is 0 Å². The van der Waals surface area contributed by atoms with Gasteiger partial charge in [0.15, 0.2) is 0 Å². The van der Waals surface area contributed by atoms with E-state index in [4.69, 9.17) is 0 Å². The summed E-state index contributed by atoms with van der Waals surface area (Å²) >= 11 is 0. The molecule has 1 aliphatic heterocycles. The maximum atomic E-state index is 12.8. The Kier molecular flexibility index (Phi) is 6.25. The van der Waals surface area contributed by atoms with Gasteiger partial charge in [0.05, 0.1) is 6.20 Å². The molecule has 1 N–H and O–H groups in total. The fourth-order valence-electron chi connectivity index (χ4n) is 4.19. The molecule has 0 bridgehead atoms. The van der Waals surface area contributed by atoms with Gasteiger partial charge in [-0.05, 0) is 10.8 Å². The Bertz CT molecular complexity index is 955. The molecule has 1 aromatic heterocycles. The van der Waals surface area contributed by atoms with Gasteiger partial charge in [-0.1, -0.05) is 74.6 Å². The molecule has 2 fully saturated rings. The van der Waals surface area contributed by atoms with Crippen molar-refractivity contribution in [3.63, 3.8) is 0 Å². The summed E-state index contributed by atoms with van der Waals surface area (Å²) in [5, 5.41) is 5.59. The van der Waals surface area contributed by atoms with Gasteiger partial charge in [0.1, 0.15) is 11.5 Å². The number of aromatic nitrogens is 2. The van der Waals surface area contributed by atoms with Crippen molar-refractivity contribution in [2.75, 3.05) is 26.2 Å². The summed E-state index contributed by atoms with van der Waals surface area (Å²) in [6.45, 7) is 3.18. The van der Waals surface area contributed by atoms with Crippen LogP contribution in [0, 0.1) is 0 Å². The number of carbonyl (C=O) groups is 1. The number of hydrogen-bond acceptors (Lipinski definition) is 3. The largest absolute Gasteiger partial charge is 0.335 e. The minimum atomic E-state index is 0.0537. The first kappa shape index (κ1) is 19.6. The van der Waals surface area contributed by atoms with Gasteiger partial charge in [0.2, 0.25) is 0 Å². The number of benzene rings is 2. The smallest absolute Gasteiger partial charge is 0.272 e. The molecule has 5 nitrogen and oxygen atoms in total. The Balaban J connectivity index is 0.000000359. The Morgan fingerprint density at radius 3 is 2.31 bits per heavy atom. The lowest BCUT2D eigenvalue weighted by Crippen LogP contribution is -2.46. The van der Waals surface area contributed by atoms with Crippen LogP contribution >= 0.6 is 0 Å². The summed E-state index contributed by atoms with van der Waals surface area (Å²) in [5.74, 6) is 0.878. The summed E-state index contributed by atoms with van der Waals surface area (Å²) in [6, 6.07) is 14.4. The number of nitrogens with one attached hydrogen (secondary N) is 1. The van der Waals surface area contributed by atoms with Crippen LogP contribution in [0.2, 0.25) is 0 Å². The predicted molar refractivity (Wildman–Crippen MR) is 118 cm³/mol. The second-order valence-electron chi connectivity index (χ2n) is 7.86. The Morgan fingerprint density at radius 1 is 0.931 bits per heavy atom. The van der Waals surface area contributed by atoms with E-state index in [1.54, 1.807) is 6.20 Å². The van der Waals surface area contributed by atoms with E-state index in [1.807, 2.05) is 34.7 Å². The summed E-state index contributed by atoms with van der Waals surface area (Å²) in [7, 11) is 1.92. The van der Waals surface area contributed by atoms with Gasteiger partial charge in [0, 0.05) is 38.8 Å². The summed E-state index contributed by atoms with van der Waals surface area (Å²) in [4.78, 5) is 19.2. The molecule has 2 aliphatic rings. The van der Waals surface area contributed by atoms with Crippen LogP contribution in [0.5, 0.6) is 0 Å². The highest BCUT2D eigenvalue weighted by atomic mass is 16.2. The van der Waals surface area contributed by atoms with Crippen LogP contribution in [0.15, 0.2) is 48.7 Å². The molecule has 2 aromatic carbocycles. The molecule has 2 heterocycles. The topological polar surface area (TPSA) is 50.2 Å². The van der Waals surface area contributed by atoms with E-state index in [1.165, 1.54) is 37.5 Å². The third-order valence-corrected chi connectivity index (χ3v) is 5.89. The summed E-state index contributed by atoms with van der Waals surface area (Å²) in [5.41, 5.74) is 1.69. The molecular weight excluding hydrogens is 360 g/mol. The number of fused-ring (bicyclic) bond motifs is 1. The van der Waals surface area contributed by atoms with Gasteiger partial charge in [-0.15, -0.1) is 0 Å². The molecule has 29 heavy (non-hydrogen) atoms. The second kappa shape index (κ2) is 9.23. The minimum Gasteiger partial charge on any atom is -0.335 e. The Morgan fingerprint density at radius 2 is 1.59 bits per heavy atom. The molecule has 0 radical (unpaired) electrons. The van der Waals surface area contributed by atoms with E-state index in [2.05, 4.69) is 34.6 Å². The zero-order valence-electron chi connectivity index (χ0n) is 17.2. The van der Waals surface area contributed by atoms with Crippen molar-refractivity contribution < 1.29 is 4.79 Å². The molecular formula is C24H30N4O. The normalized spacial score (nSPS) is 16.5. The zero-order chi connectivity index (χ0) is 20.1. The van der Waals surface area contributed by atoms with Crippen molar-refractivity contribution in [2.24, 2.45) is 7.05 Å². The Hall–Kier alpha value is -2.66. The molecule has 5 rings (SSSR count). The fraction of sp³-hybridized carbons (Fsp3) is 0.417. The number of amides is 1. The molecule has 5 heteroatoms. The molecule has 152 valence electrons. The average Bonchev–Trinajstić information content (AvgIpc) is 3.47. The quantitative estimate of drug-likeness (QED) is 0.712. The van der Waals surface area contributed by atoms with Gasteiger partial charge in [-0.3, -0.25) is 4.79 Å². The highest BCUT2D eigenvalue weighted by Crippen LogP contribution is 2.28. The number of hydrogen-bond donors (Lipinski definition) is 1. The number of rotatable bonds is 2. The van der Waals surface area contributed by atoms with Gasteiger partial charge < -0.3 is 14.8 Å². The van der Waals surface area contributed by atoms with Crippen molar-refractivity contribution >= 4 is 16.7 Å². The zero-order valence-corrected chi connectivity index (χ0v) is 17.2. The molecule has 3 aromatic rings. The second-order valence-corrected chi connectivity index (χ2v) is 7.86. The highest BCUT2D eigenvalue weighted by Gasteiger charge is 2.22. The molecule has 0 spiro atoms. The third kappa shape index (κ3) is 4.35. The van der Waals surface area contributed by atoms with Crippen LogP contribution in [0.3, 0.4) is 0 Å². The maximum Gasteiger partial charge on any atom is 0.272 e. The lowest BCUT2D eigenvalue weighted by Gasteiger charge is -2.27. The van der Waals surface area contributed by atoms with Crippen LogP contribution in [-0.2, 0) is 7.05 Å². The fourth-order valence-corrected chi connectivity index (χ4v) is 4.19. The van der Waals surface area contributed by atoms with Crippen molar-refractivity contribution in [3.05, 3.63) is 54.4 Å². The predicted octanol–water partition coefficient (Wildman–Crippen LogP) is 4.24. The number of nitrogens with zero attached hydrogens (tertiary/aromatic N) is 3. The van der Waals surface area contributed by atoms with Gasteiger partial charge in [0.25, 0.3) is 5.91 Å². The first-order chi connectivity index (χ1) is 14.3. The van der Waals surface area contributed by atoms with Crippen molar-refractivity contribution in [2.45, 2.75) is 32.1 Å². The van der Waals surface area contributed by atoms with E-state index < -0.39 is 0 Å². The Labute approximate surface area is 172 Å². The molecule has 1 saturated heterocycles. The van der Waals surface area contributed by atoms with Crippen LogP contribution in [0.1, 0.15) is 42.6 Å². The van der Waals surface area contributed by atoms with E-state index >= 15 is 0 Å². The third-order valence-electron chi connectivity index (χ3n) is 5.89. The number of carbonyl (C=O) groups excluding carboxylic acids is 1. The molecule has 1 aliphatic carbocycles. The van der Waals surface area contributed by atoms with E-state index in [0.29, 0.717) is 5.69 Å². The average molecular weight is 391 g/mol. The molecule has 0 unspecified atom stereocenters. The van der Waals surface area contributed by atoms with Crippen LogP contribution in [0.25, 0.3) is 22.2 Å². The van der Waals surface area contributed by atoms with Crippen molar-refractivity contribution in [3.8, 4) is 11.4 Å². The lowest BCUT2D eigenvalue weighted by atomic mass is 10.0. The van der Waals surface area contributed by atoms with Crippen LogP contribution in [0.4, 0.5) is 0 Å². The summed E-state index contributed by atoms with van der Waals surface area (Å²) in [6.07, 6.45) is 9.20. The number of piperazine rings is 1. The first-order valence-electron chi connectivity index (χ1n) is 10.8. The highest BCUT2D eigenvalue weighted by molar-refractivity contribution is 5.97. The van der Waals surface area contributed by atoms with E-state index in [-0.39, 0.29) is 5.91 Å². The maximum absolute atomic E-state index is 12.8. The van der Waals surface area contributed by atoms with Gasteiger partial charge >= 0.3 is 0 Å². The molecule has 1 saturated carbocycles. The number of imidazole rings is 1. The summed E-state index contributed by atoms with van der Waals surface area (Å²) < 4.78 is 1.91. The van der Waals surface area contributed by atoms with Crippen molar-refractivity contribution in [1.29, 1.82) is 0 Å². The van der Waals surface area contributed by atoms with Gasteiger partial charge in [-0.25, -0.2) is 4.98 Å². The SMILES string of the molecule is C1CCCC1.Cn1c(C(=O)N2CCNCC2)cnc1-c1cccc2ccccc12. The van der Waals surface area contributed by atoms with Crippen LogP contribution < -0.4 is 5.32 Å². The standard InChI is InChI=1S/C19H20N4O.C5H10/c1-22-17(19(24)23-11-9-20-10-12-23)13-21-18(22)16-8-4-6-14-5-2-3-7-15(14)16;1-2-4-5-3-1/h2-8,13,20H,9-12H2,1H3;1-5H2. The minimum absolute atomic E-state index is 0.0537. The van der Waals surface area contributed by atoms with Crippen LogP contribution in [-0.4, -0.2) is 46.5 Å². The monoisotopic (exact) mass is 390 g/mol. The molecule has 1 amide bonds. The van der Waals surface area contributed by atoms with Crippen molar-refractivity contribution in [1.82, 2.24) is 19.8 Å². The van der Waals surface area contributed by atoms with E-state index in [9.17, 15) is 4.79 Å².